The first-order valence-electron chi connectivity index (χ1n) is 7.15. The Labute approximate surface area is 144 Å². The number of benzene rings is 1. The molecule has 0 bridgehead atoms. The minimum Gasteiger partial charge on any atom is -0.503 e. The quantitative estimate of drug-likeness (QED) is 0.393. The molecule has 1 aromatic rings. The number of rotatable bonds is 8. The summed E-state index contributed by atoms with van der Waals surface area (Å²) in [5.74, 6) is -3.55. The maximum Gasteiger partial charge on any atom is 0.299 e. The number of hydroxylamine groups is 2. The van der Waals surface area contributed by atoms with Crippen LogP contribution in [-0.2, 0) is 30.9 Å². The Balaban J connectivity index is 2.59. The molecule has 0 radical (unpaired) electrons. The van der Waals surface area contributed by atoms with Crippen LogP contribution in [0, 0.1) is 5.82 Å². The normalized spacial score (nSPS) is 11.9. The first kappa shape index (κ1) is 20.6. The molecule has 0 aliphatic carbocycles. The largest absolute Gasteiger partial charge is 0.503 e. The molecule has 2 amide bonds. The van der Waals surface area contributed by atoms with Gasteiger partial charge in [-0.15, -0.1) is 0 Å². The maximum atomic E-state index is 12.8. The lowest BCUT2D eigenvalue weighted by molar-refractivity contribution is -0.170. The van der Waals surface area contributed by atoms with Gasteiger partial charge in [-0.2, -0.15) is 0 Å². The van der Waals surface area contributed by atoms with E-state index in [4.69, 9.17) is 4.84 Å². The molecule has 0 aromatic heterocycles. The minimum absolute atomic E-state index is 0.143. The van der Waals surface area contributed by atoms with Gasteiger partial charge in [0.05, 0.1) is 19.4 Å². The van der Waals surface area contributed by atoms with E-state index in [9.17, 15) is 27.5 Å². The Morgan fingerprint density at radius 2 is 1.92 bits per heavy atom. The summed E-state index contributed by atoms with van der Waals surface area (Å²) in [5.41, 5.74) is 0.871. The van der Waals surface area contributed by atoms with Crippen LogP contribution in [0.15, 0.2) is 36.1 Å². The Hall–Kier alpha value is -2.46. The third-order valence-electron chi connectivity index (χ3n) is 2.98. The number of sulfonamides is 1. The van der Waals surface area contributed by atoms with Gasteiger partial charge >= 0.3 is 0 Å². The third-order valence-corrected chi connectivity index (χ3v) is 3.53. The highest BCUT2D eigenvalue weighted by molar-refractivity contribution is 7.89. The van der Waals surface area contributed by atoms with E-state index in [-0.39, 0.29) is 12.4 Å². The Morgan fingerprint density at radius 1 is 1.32 bits per heavy atom. The summed E-state index contributed by atoms with van der Waals surface area (Å²) in [5, 5.41) is 10.4. The van der Waals surface area contributed by atoms with Crippen molar-refractivity contribution in [2.24, 2.45) is 0 Å². The summed E-state index contributed by atoms with van der Waals surface area (Å²) in [4.78, 5) is 28.2. The van der Waals surface area contributed by atoms with Crippen LogP contribution in [0.1, 0.15) is 12.0 Å². The number of nitrogens with one attached hydrogen (secondary N) is 1. The fourth-order valence-corrected chi connectivity index (χ4v) is 2.29. The zero-order valence-corrected chi connectivity index (χ0v) is 14.5. The molecule has 8 nitrogen and oxygen atoms in total. The lowest BCUT2D eigenvalue weighted by Gasteiger charge is -2.18. The van der Waals surface area contributed by atoms with Crippen molar-refractivity contribution in [3.63, 3.8) is 0 Å². The Morgan fingerprint density at radius 3 is 2.44 bits per heavy atom. The highest BCUT2D eigenvalue weighted by Gasteiger charge is 2.17. The number of aliphatic hydroxyl groups excluding tert-OH is 1. The fraction of sp³-hybridized carbons (Fsp3) is 0.333. The number of carbonyl (C=O) groups excluding carboxylic acids is 2. The molecule has 0 fully saturated rings. The van der Waals surface area contributed by atoms with E-state index in [1.54, 1.807) is 12.1 Å². The molecule has 25 heavy (non-hydrogen) atoms. The first-order chi connectivity index (χ1) is 11.6. The summed E-state index contributed by atoms with van der Waals surface area (Å²) in [6.07, 6.45) is 2.33. The fourth-order valence-electron chi connectivity index (χ4n) is 1.84. The van der Waals surface area contributed by atoms with Gasteiger partial charge in [-0.3, -0.25) is 14.4 Å². The molecule has 0 spiro atoms. The van der Waals surface area contributed by atoms with Crippen molar-refractivity contribution in [2.45, 2.75) is 12.8 Å². The lowest BCUT2D eigenvalue weighted by Crippen LogP contribution is -2.33. The Kier molecular flexibility index (Phi) is 7.52. The number of carbonyl (C=O) groups is 2. The van der Waals surface area contributed by atoms with Gasteiger partial charge in [0.1, 0.15) is 5.82 Å². The van der Waals surface area contributed by atoms with Crippen LogP contribution >= 0.6 is 0 Å². The van der Waals surface area contributed by atoms with Crippen molar-refractivity contribution in [3.8, 4) is 0 Å². The monoisotopic (exact) mass is 374 g/mol. The van der Waals surface area contributed by atoms with Crippen molar-refractivity contribution in [1.29, 1.82) is 0 Å². The van der Waals surface area contributed by atoms with Crippen molar-refractivity contribution < 1.29 is 32.3 Å². The number of nitrogens with zero attached hydrogens (tertiary/aromatic N) is 1. The van der Waals surface area contributed by atoms with E-state index >= 15 is 0 Å². The number of hydrogen-bond acceptors (Lipinski definition) is 6. The molecule has 10 heteroatoms. The standard InChI is InChI=1S/C15H19FN2O6S/c1-24-18(9-3-4-11-5-7-12(16)8-6-11)14(20)10-13(19)15(21)17-25(2,22)23/h5-8,10,19H,3-4,9H2,1-2H3,(H,17,21)/b13-10-. The van der Waals surface area contributed by atoms with E-state index in [1.807, 2.05) is 0 Å². The van der Waals surface area contributed by atoms with Gasteiger partial charge in [0.25, 0.3) is 11.8 Å². The van der Waals surface area contributed by atoms with Crippen LogP contribution in [0.5, 0.6) is 0 Å². The van der Waals surface area contributed by atoms with Crippen molar-refractivity contribution in [1.82, 2.24) is 9.79 Å². The topological polar surface area (TPSA) is 113 Å². The number of aliphatic hydroxyl groups is 1. The maximum absolute atomic E-state index is 12.8. The minimum atomic E-state index is -3.86. The number of halogens is 1. The lowest BCUT2D eigenvalue weighted by atomic mass is 10.1. The third kappa shape index (κ3) is 7.77. The number of aryl methyl sites for hydroxylation is 1. The summed E-state index contributed by atoms with van der Waals surface area (Å²) in [6, 6.07) is 5.90. The summed E-state index contributed by atoms with van der Waals surface area (Å²) in [7, 11) is -2.63. The molecule has 0 saturated heterocycles. The second-order valence-electron chi connectivity index (χ2n) is 5.09. The molecule has 0 aliphatic rings. The highest BCUT2D eigenvalue weighted by Crippen LogP contribution is 2.07. The molecule has 1 aromatic carbocycles. The van der Waals surface area contributed by atoms with Gasteiger partial charge in [0.15, 0.2) is 5.76 Å². The first-order valence-corrected chi connectivity index (χ1v) is 9.04. The smallest absolute Gasteiger partial charge is 0.299 e. The van der Waals surface area contributed by atoms with Gasteiger partial charge in [0.2, 0.25) is 10.0 Å². The second kappa shape index (κ2) is 9.14. The predicted octanol–water partition coefficient (Wildman–Crippen LogP) is 0.666. The van der Waals surface area contributed by atoms with E-state index in [1.165, 1.54) is 24.0 Å². The molecule has 2 N–H and O–H groups in total. The van der Waals surface area contributed by atoms with Crippen LogP contribution in [0.2, 0.25) is 0 Å². The zero-order chi connectivity index (χ0) is 19.0. The molecular formula is C15H19FN2O6S. The molecule has 0 aliphatic heterocycles. The molecule has 0 unspecified atom stereocenters. The summed E-state index contributed by atoms with van der Waals surface area (Å²) in [6.45, 7) is 0.143. The number of amides is 2. The van der Waals surface area contributed by atoms with E-state index < -0.39 is 27.6 Å². The van der Waals surface area contributed by atoms with Gasteiger partial charge < -0.3 is 5.11 Å². The second-order valence-corrected chi connectivity index (χ2v) is 6.83. The van der Waals surface area contributed by atoms with Crippen LogP contribution < -0.4 is 4.72 Å². The molecule has 1 rings (SSSR count). The molecule has 0 atom stereocenters. The highest BCUT2D eigenvalue weighted by atomic mass is 32.2. The van der Waals surface area contributed by atoms with Crippen LogP contribution in [0.4, 0.5) is 4.39 Å². The average molecular weight is 374 g/mol. The van der Waals surface area contributed by atoms with Crippen molar-refractivity contribution in [3.05, 3.63) is 47.5 Å². The van der Waals surface area contributed by atoms with Crippen LogP contribution in [-0.4, -0.2) is 50.3 Å². The predicted molar refractivity (Wildman–Crippen MR) is 87.1 cm³/mol. The van der Waals surface area contributed by atoms with Crippen LogP contribution in [0.3, 0.4) is 0 Å². The summed E-state index contributed by atoms with van der Waals surface area (Å²) < 4.78 is 36.1. The SMILES string of the molecule is CON(CCCc1ccc(F)cc1)C(=O)/C=C(\O)C(=O)NS(C)(=O)=O. The molecular weight excluding hydrogens is 355 g/mol. The van der Waals surface area contributed by atoms with Gasteiger partial charge in [-0.25, -0.2) is 22.6 Å². The van der Waals surface area contributed by atoms with E-state index in [0.29, 0.717) is 18.9 Å². The van der Waals surface area contributed by atoms with Gasteiger partial charge in [-0.1, -0.05) is 12.1 Å². The van der Waals surface area contributed by atoms with E-state index in [2.05, 4.69) is 0 Å². The average Bonchev–Trinajstić information content (AvgIpc) is 2.51. The van der Waals surface area contributed by atoms with Crippen LogP contribution in [0.25, 0.3) is 0 Å². The zero-order valence-electron chi connectivity index (χ0n) is 13.7. The molecule has 138 valence electrons. The van der Waals surface area contributed by atoms with Gasteiger partial charge in [-0.05, 0) is 30.5 Å². The van der Waals surface area contributed by atoms with Crippen molar-refractivity contribution in [2.75, 3.05) is 19.9 Å². The summed E-state index contributed by atoms with van der Waals surface area (Å²) >= 11 is 0. The number of hydrogen-bond donors (Lipinski definition) is 2. The molecule has 0 heterocycles. The van der Waals surface area contributed by atoms with E-state index in [0.717, 1.165) is 16.9 Å². The molecule has 0 saturated carbocycles. The Bertz CT molecular complexity index is 746. The van der Waals surface area contributed by atoms with Gasteiger partial charge in [0, 0.05) is 6.54 Å². The van der Waals surface area contributed by atoms with Crippen molar-refractivity contribution >= 4 is 21.8 Å².